The number of esters is 2. The maximum absolute atomic E-state index is 12.5. The van der Waals surface area contributed by atoms with Crippen LogP contribution in [0.3, 0.4) is 0 Å². The largest absolute Gasteiger partial charge is 0.472 e. The van der Waals surface area contributed by atoms with E-state index in [1.54, 1.807) is 12.2 Å². The van der Waals surface area contributed by atoms with Gasteiger partial charge >= 0.3 is 19.8 Å². The summed E-state index contributed by atoms with van der Waals surface area (Å²) in [6.07, 6.45) is 34.9. The predicted molar refractivity (Wildman–Crippen MR) is 207 cm³/mol. The second-order valence-electron chi connectivity index (χ2n) is 13.4. The topological polar surface area (TPSA) is 155 Å². The number of carbonyl (C=O) groups excluding carboxylic acids is 2. The maximum atomic E-state index is 12.5. The SMILES string of the molecule is CCCCCCCC/C=C/C/C=C/C=C/C(O)CCCC(=O)O[C@H](COC(=O)CCCCCCCCCCCCCC)COP(=O)(O)OCCN. The summed E-state index contributed by atoms with van der Waals surface area (Å²) in [5, 5.41) is 10.3. The molecular weight excluding hydrogens is 669 g/mol. The molecule has 0 aliphatic heterocycles. The smallest absolute Gasteiger partial charge is 0.462 e. The van der Waals surface area contributed by atoms with Crippen LogP contribution >= 0.6 is 7.82 Å². The minimum Gasteiger partial charge on any atom is -0.462 e. The quantitative estimate of drug-likeness (QED) is 0.0184. The van der Waals surface area contributed by atoms with Crippen molar-refractivity contribution in [1.82, 2.24) is 0 Å². The molecule has 11 heteroatoms. The molecule has 0 aromatic heterocycles. The lowest BCUT2D eigenvalue weighted by Gasteiger charge is -2.20. The standard InChI is InChI=1S/C40H74NO9P/c1-3-5-7-9-11-13-15-17-18-20-22-24-26-29-37(42)30-28-32-40(44)50-38(36-49-51(45,46)48-34-33-41)35-47-39(43)31-27-25-23-21-19-16-14-12-10-8-6-4-2/h17-18,22,24,26,29,37-38,42H,3-16,19-21,23,25,27-28,30-36,41H2,1-2H3,(H,45,46)/b18-17+,24-22+,29-26+/t37?,38-/m1/s1. The van der Waals surface area contributed by atoms with E-state index in [0.717, 1.165) is 32.1 Å². The van der Waals surface area contributed by atoms with Crippen LogP contribution in [0.1, 0.15) is 168 Å². The van der Waals surface area contributed by atoms with E-state index in [-0.39, 0.29) is 32.6 Å². The number of unbranched alkanes of at least 4 members (excludes halogenated alkanes) is 17. The zero-order valence-electron chi connectivity index (χ0n) is 32.2. The molecule has 0 aromatic carbocycles. The van der Waals surface area contributed by atoms with Crippen LogP contribution in [0.25, 0.3) is 0 Å². The fraction of sp³-hybridized carbons (Fsp3) is 0.800. The van der Waals surface area contributed by atoms with Crippen LogP contribution in [0.5, 0.6) is 0 Å². The van der Waals surface area contributed by atoms with Crippen molar-refractivity contribution in [3.8, 4) is 0 Å². The van der Waals surface area contributed by atoms with E-state index < -0.39 is 38.6 Å². The lowest BCUT2D eigenvalue weighted by molar-refractivity contribution is -0.161. The molecule has 0 aromatic rings. The fourth-order valence-electron chi connectivity index (χ4n) is 5.35. The van der Waals surface area contributed by atoms with Crippen molar-refractivity contribution in [2.24, 2.45) is 5.73 Å². The minimum atomic E-state index is -4.42. The Morgan fingerprint density at radius 1 is 0.686 bits per heavy atom. The second-order valence-corrected chi connectivity index (χ2v) is 14.8. The molecule has 51 heavy (non-hydrogen) atoms. The lowest BCUT2D eigenvalue weighted by Crippen LogP contribution is -2.29. The first-order valence-electron chi connectivity index (χ1n) is 20.1. The van der Waals surface area contributed by atoms with E-state index in [1.807, 2.05) is 12.2 Å². The van der Waals surface area contributed by atoms with Gasteiger partial charge in [0.25, 0.3) is 0 Å². The molecule has 0 saturated carbocycles. The summed E-state index contributed by atoms with van der Waals surface area (Å²) in [7, 11) is -4.42. The first kappa shape index (κ1) is 49.2. The number of aliphatic hydroxyl groups excluding tert-OH is 1. The van der Waals surface area contributed by atoms with E-state index in [9.17, 15) is 24.2 Å². The van der Waals surface area contributed by atoms with Gasteiger partial charge in [0.2, 0.25) is 0 Å². The highest BCUT2D eigenvalue weighted by molar-refractivity contribution is 7.47. The molecule has 0 radical (unpaired) electrons. The van der Waals surface area contributed by atoms with Gasteiger partial charge < -0.3 is 25.2 Å². The summed E-state index contributed by atoms with van der Waals surface area (Å²) < 4.78 is 32.5. The molecule has 4 N–H and O–H groups in total. The maximum Gasteiger partial charge on any atom is 0.472 e. The van der Waals surface area contributed by atoms with Gasteiger partial charge in [-0.25, -0.2) is 4.57 Å². The average molecular weight is 744 g/mol. The summed E-state index contributed by atoms with van der Waals surface area (Å²) in [6, 6.07) is 0. The average Bonchev–Trinajstić information content (AvgIpc) is 3.11. The number of ether oxygens (including phenoxy) is 2. The number of aliphatic hydroxyl groups is 1. The van der Waals surface area contributed by atoms with Crippen LogP contribution in [0.2, 0.25) is 0 Å². The van der Waals surface area contributed by atoms with Crippen LogP contribution in [-0.2, 0) is 32.7 Å². The number of hydrogen-bond acceptors (Lipinski definition) is 9. The molecule has 2 unspecified atom stereocenters. The van der Waals surface area contributed by atoms with Crippen LogP contribution in [0.15, 0.2) is 36.5 Å². The number of phosphoric acid groups is 1. The van der Waals surface area contributed by atoms with E-state index in [1.165, 1.54) is 89.9 Å². The highest BCUT2D eigenvalue weighted by atomic mass is 31.2. The molecule has 0 rings (SSSR count). The lowest BCUT2D eigenvalue weighted by atomic mass is 10.0. The minimum absolute atomic E-state index is 0.00784. The number of rotatable bonds is 37. The van der Waals surface area contributed by atoms with Gasteiger partial charge in [-0.1, -0.05) is 153 Å². The van der Waals surface area contributed by atoms with Gasteiger partial charge in [0, 0.05) is 19.4 Å². The molecule has 0 heterocycles. The van der Waals surface area contributed by atoms with Gasteiger partial charge in [-0.2, -0.15) is 0 Å². The highest BCUT2D eigenvalue weighted by Crippen LogP contribution is 2.43. The molecule has 3 atom stereocenters. The first-order chi connectivity index (χ1) is 24.7. The Hall–Kier alpha value is -1.81. The Morgan fingerprint density at radius 2 is 1.25 bits per heavy atom. The molecule has 0 fully saturated rings. The van der Waals surface area contributed by atoms with Crippen molar-refractivity contribution in [3.05, 3.63) is 36.5 Å². The summed E-state index contributed by atoms with van der Waals surface area (Å²) >= 11 is 0. The Balaban J connectivity index is 4.40. The van der Waals surface area contributed by atoms with Gasteiger partial charge in [0.05, 0.1) is 19.3 Å². The van der Waals surface area contributed by atoms with Crippen molar-refractivity contribution < 1.29 is 42.7 Å². The number of nitrogens with two attached hydrogens (primary N) is 1. The van der Waals surface area contributed by atoms with Crippen LogP contribution in [0, 0.1) is 0 Å². The molecular formula is C40H74NO9P. The van der Waals surface area contributed by atoms with Gasteiger partial charge in [0.1, 0.15) is 6.61 Å². The van der Waals surface area contributed by atoms with Crippen molar-refractivity contribution >= 4 is 19.8 Å². The fourth-order valence-corrected chi connectivity index (χ4v) is 6.11. The normalized spacial score (nSPS) is 14.4. The predicted octanol–water partition coefficient (Wildman–Crippen LogP) is 9.97. The monoisotopic (exact) mass is 744 g/mol. The number of phosphoric ester groups is 1. The molecule has 0 saturated heterocycles. The van der Waals surface area contributed by atoms with Crippen LogP contribution < -0.4 is 5.73 Å². The van der Waals surface area contributed by atoms with Gasteiger partial charge in [0.15, 0.2) is 6.10 Å². The Bertz CT molecular complexity index is 956. The Kier molecular flexibility index (Phi) is 35.2. The third kappa shape index (κ3) is 36.3. The second kappa shape index (κ2) is 36.5. The molecule has 298 valence electrons. The third-order valence-electron chi connectivity index (χ3n) is 8.38. The van der Waals surface area contributed by atoms with E-state index in [0.29, 0.717) is 19.3 Å². The highest BCUT2D eigenvalue weighted by Gasteiger charge is 2.26. The Labute approximate surface area is 310 Å². The summed E-state index contributed by atoms with van der Waals surface area (Å²) in [5.74, 6) is -1.03. The molecule has 10 nitrogen and oxygen atoms in total. The van der Waals surface area contributed by atoms with Crippen LogP contribution in [-0.4, -0.2) is 60.5 Å². The third-order valence-corrected chi connectivity index (χ3v) is 9.37. The van der Waals surface area contributed by atoms with Crippen molar-refractivity contribution in [1.29, 1.82) is 0 Å². The van der Waals surface area contributed by atoms with E-state index in [4.69, 9.17) is 24.3 Å². The van der Waals surface area contributed by atoms with Crippen molar-refractivity contribution in [2.75, 3.05) is 26.4 Å². The molecule has 0 bridgehead atoms. The molecule has 0 aliphatic carbocycles. The number of hydrogen-bond donors (Lipinski definition) is 3. The van der Waals surface area contributed by atoms with Crippen molar-refractivity contribution in [3.63, 3.8) is 0 Å². The van der Waals surface area contributed by atoms with Gasteiger partial charge in [-0.15, -0.1) is 0 Å². The van der Waals surface area contributed by atoms with E-state index >= 15 is 0 Å². The first-order valence-corrected chi connectivity index (χ1v) is 21.6. The zero-order valence-corrected chi connectivity index (χ0v) is 33.1. The summed E-state index contributed by atoms with van der Waals surface area (Å²) in [4.78, 5) is 34.7. The van der Waals surface area contributed by atoms with Gasteiger partial charge in [-0.05, 0) is 38.5 Å². The van der Waals surface area contributed by atoms with Crippen molar-refractivity contribution in [2.45, 2.75) is 180 Å². The number of carbonyl (C=O) groups is 2. The number of allylic oxidation sites excluding steroid dienone is 5. The summed E-state index contributed by atoms with van der Waals surface area (Å²) in [5.41, 5.74) is 5.32. The van der Waals surface area contributed by atoms with Gasteiger partial charge in [-0.3, -0.25) is 18.6 Å². The molecule has 0 amide bonds. The summed E-state index contributed by atoms with van der Waals surface area (Å²) in [6.45, 7) is 3.49. The van der Waals surface area contributed by atoms with Crippen LogP contribution in [0.4, 0.5) is 0 Å². The molecule has 0 spiro atoms. The Morgan fingerprint density at radius 3 is 1.86 bits per heavy atom. The molecule has 0 aliphatic rings. The van der Waals surface area contributed by atoms with E-state index in [2.05, 4.69) is 26.0 Å². The zero-order chi connectivity index (χ0) is 37.7.